The highest BCUT2D eigenvalue weighted by Gasteiger charge is 2.07. The Morgan fingerprint density at radius 3 is 2.77 bits per heavy atom. The second-order valence-corrected chi connectivity index (χ2v) is 6.06. The van der Waals surface area contributed by atoms with Crippen molar-refractivity contribution in [1.29, 1.82) is 0 Å². The summed E-state index contributed by atoms with van der Waals surface area (Å²) in [5, 5.41) is 6.55. The van der Waals surface area contributed by atoms with Crippen molar-refractivity contribution in [1.82, 2.24) is 10.6 Å². The lowest BCUT2D eigenvalue weighted by Gasteiger charge is -2.18. The molecule has 2 N–H and O–H groups in total. The molecule has 0 aliphatic heterocycles. The summed E-state index contributed by atoms with van der Waals surface area (Å²) in [6.45, 7) is 6.71. The van der Waals surface area contributed by atoms with Gasteiger partial charge in [0.15, 0.2) is 5.96 Å². The first kappa shape index (κ1) is 19.8. The van der Waals surface area contributed by atoms with E-state index in [2.05, 4.69) is 15.6 Å². The Labute approximate surface area is 155 Å². The van der Waals surface area contributed by atoms with E-state index in [4.69, 9.17) is 13.9 Å². The Hall–Kier alpha value is -2.47. The molecule has 0 aliphatic carbocycles. The molecule has 0 radical (unpaired) electrons. The van der Waals surface area contributed by atoms with Crippen LogP contribution < -0.4 is 15.4 Å². The molecule has 1 unspecified atom stereocenters. The van der Waals surface area contributed by atoms with Crippen molar-refractivity contribution in [3.63, 3.8) is 0 Å². The second kappa shape index (κ2) is 11.2. The van der Waals surface area contributed by atoms with Crippen molar-refractivity contribution in [2.24, 2.45) is 4.99 Å². The van der Waals surface area contributed by atoms with Gasteiger partial charge in [0.05, 0.1) is 12.8 Å². The minimum Gasteiger partial charge on any atom is -0.489 e. The van der Waals surface area contributed by atoms with Crippen LogP contribution in [0.1, 0.15) is 24.7 Å². The van der Waals surface area contributed by atoms with Gasteiger partial charge in [0.1, 0.15) is 24.2 Å². The molecule has 142 valence electrons. The Morgan fingerprint density at radius 1 is 1.19 bits per heavy atom. The molecule has 6 heteroatoms. The lowest BCUT2D eigenvalue weighted by molar-refractivity contribution is 0.105. The van der Waals surface area contributed by atoms with Crippen LogP contribution in [-0.2, 0) is 11.3 Å². The molecule has 1 atom stereocenters. The Kier molecular flexibility index (Phi) is 8.55. The fraction of sp³-hybridized carbons (Fsp3) is 0.450. The van der Waals surface area contributed by atoms with Crippen LogP contribution in [0.15, 0.2) is 52.1 Å². The monoisotopic (exact) mass is 359 g/mol. The van der Waals surface area contributed by atoms with Gasteiger partial charge in [0.2, 0.25) is 0 Å². The molecule has 0 amide bonds. The van der Waals surface area contributed by atoms with E-state index in [0.29, 0.717) is 19.8 Å². The molecule has 2 rings (SSSR count). The lowest BCUT2D eigenvalue weighted by Crippen LogP contribution is -2.42. The van der Waals surface area contributed by atoms with E-state index in [9.17, 15) is 0 Å². The Bertz CT molecular complexity index is 656. The zero-order valence-corrected chi connectivity index (χ0v) is 15.8. The highest BCUT2D eigenvalue weighted by atomic mass is 16.5. The summed E-state index contributed by atoms with van der Waals surface area (Å²) in [6, 6.07) is 11.8. The molecule has 26 heavy (non-hydrogen) atoms. The highest BCUT2D eigenvalue weighted by Crippen LogP contribution is 2.17. The molecule has 0 saturated heterocycles. The van der Waals surface area contributed by atoms with Gasteiger partial charge in [-0.2, -0.15) is 0 Å². The van der Waals surface area contributed by atoms with Crippen LogP contribution in [-0.4, -0.2) is 38.8 Å². The first-order valence-electron chi connectivity index (χ1n) is 8.96. The average molecular weight is 359 g/mol. The van der Waals surface area contributed by atoms with Crippen LogP contribution in [0.5, 0.6) is 5.75 Å². The molecule has 0 spiro atoms. The van der Waals surface area contributed by atoms with E-state index < -0.39 is 0 Å². The number of hydrogen-bond acceptors (Lipinski definition) is 4. The van der Waals surface area contributed by atoms with Crippen molar-refractivity contribution < 1.29 is 13.9 Å². The summed E-state index contributed by atoms with van der Waals surface area (Å²) >= 11 is 0. The van der Waals surface area contributed by atoms with E-state index >= 15 is 0 Å². The molecular weight excluding hydrogens is 330 g/mol. The third-order valence-electron chi connectivity index (χ3n) is 3.78. The number of benzene rings is 1. The van der Waals surface area contributed by atoms with Crippen LogP contribution in [0, 0.1) is 6.92 Å². The quantitative estimate of drug-likeness (QED) is 0.388. The van der Waals surface area contributed by atoms with Gasteiger partial charge in [-0.1, -0.05) is 18.2 Å². The molecule has 0 aliphatic rings. The first-order chi connectivity index (χ1) is 12.7. The molecule has 1 aromatic heterocycles. The van der Waals surface area contributed by atoms with Gasteiger partial charge in [-0.15, -0.1) is 0 Å². The zero-order valence-electron chi connectivity index (χ0n) is 15.8. The first-order valence-corrected chi connectivity index (χ1v) is 8.96. The zero-order chi connectivity index (χ0) is 18.6. The number of ether oxygens (including phenoxy) is 2. The third kappa shape index (κ3) is 7.19. The van der Waals surface area contributed by atoms with Crippen molar-refractivity contribution in [3.05, 3.63) is 54.0 Å². The number of aliphatic imine (C=N–C) groups is 1. The molecule has 0 bridgehead atoms. The molecule has 1 aromatic carbocycles. The number of rotatable bonds is 10. The summed E-state index contributed by atoms with van der Waals surface area (Å²) in [7, 11) is 1.76. The standard InChI is InChI=1S/C20H29N3O3/c1-16-8-4-5-10-19(16)26-17(2)14-23-20(21-3)22-11-7-12-24-15-18-9-6-13-25-18/h4-6,8-10,13,17H,7,11-12,14-15H2,1-3H3,(H2,21,22,23). The fourth-order valence-electron chi connectivity index (χ4n) is 2.36. The van der Waals surface area contributed by atoms with Crippen molar-refractivity contribution in [2.45, 2.75) is 33.0 Å². The fourth-order valence-corrected chi connectivity index (χ4v) is 2.36. The maximum absolute atomic E-state index is 5.96. The number of hydrogen-bond donors (Lipinski definition) is 2. The average Bonchev–Trinajstić information content (AvgIpc) is 3.16. The summed E-state index contributed by atoms with van der Waals surface area (Å²) in [5.41, 5.74) is 1.14. The van der Waals surface area contributed by atoms with Gasteiger partial charge in [-0.05, 0) is 44.0 Å². The normalized spacial score (nSPS) is 12.7. The van der Waals surface area contributed by atoms with Crippen LogP contribution in [0.3, 0.4) is 0 Å². The lowest BCUT2D eigenvalue weighted by atomic mass is 10.2. The van der Waals surface area contributed by atoms with Crippen LogP contribution in [0.4, 0.5) is 0 Å². The predicted octanol–water partition coefficient (Wildman–Crippen LogP) is 3.13. The number of aryl methyl sites for hydroxylation is 1. The van der Waals surface area contributed by atoms with Gasteiger partial charge in [-0.3, -0.25) is 4.99 Å². The number of nitrogens with one attached hydrogen (secondary N) is 2. The van der Waals surface area contributed by atoms with Crippen molar-refractivity contribution >= 4 is 5.96 Å². The number of para-hydroxylation sites is 1. The molecule has 6 nitrogen and oxygen atoms in total. The SMILES string of the molecule is CN=C(NCCCOCc1ccco1)NCC(C)Oc1ccccc1C. The molecular formula is C20H29N3O3. The largest absolute Gasteiger partial charge is 0.489 e. The minimum absolute atomic E-state index is 0.0336. The van der Waals surface area contributed by atoms with E-state index in [0.717, 1.165) is 36.0 Å². The van der Waals surface area contributed by atoms with E-state index in [-0.39, 0.29) is 6.10 Å². The highest BCUT2D eigenvalue weighted by molar-refractivity contribution is 5.79. The van der Waals surface area contributed by atoms with Crippen molar-refractivity contribution in [2.75, 3.05) is 26.7 Å². The number of guanidine groups is 1. The third-order valence-corrected chi connectivity index (χ3v) is 3.78. The minimum atomic E-state index is 0.0336. The van der Waals surface area contributed by atoms with Crippen molar-refractivity contribution in [3.8, 4) is 5.75 Å². The molecule has 2 aromatic rings. The van der Waals surface area contributed by atoms with Gasteiger partial charge in [0, 0.05) is 20.2 Å². The van der Waals surface area contributed by atoms with Gasteiger partial charge >= 0.3 is 0 Å². The molecule has 1 heterocycles. The van der Waals surface area contributed by atoms with E-state index in [1.54, 1.807) is 13.3 Å². The predicted molar refractivity (Wildman–Crippen MR) is 104 cm³/mol. The maximum atomic E-state index is 5.96. The Balaban J connectivity index is 1.57. The molecule has 0 fully saturated rings. The second-order valence-electron chi connectivity index (χ2n) is 6.06. The van der Waals surface area contributed by atoms with Crippen LogP contribution >= 0.6 is 0 Å². The van der Waals surface area contributed by atoms with Gasteiger partial charge in [-0.25, -0.2) is 0 Å². The summed E-state index contributed by atoms with van der Waals surface area (Å²) < 4.78 is 16.7. The maximum Gasteiger partial charge on any atom is 0.191 e. The molecule has 0 saturated carbocycles. The summed E-state index contributed by atoms with van der Waals surface area (Å²) in [6.07, 6.45) is 2.57. The summed E-state index contributed by atoms with van der Waals surface area (Å²) in [4.78, 5) is 4.23. The number of nitrogens with zero attached hydrogens (tertiary/aromatic N) is 1. The van der Waals surface area contributed by atoms with E-state index in [1.165, 1.54) is 0 Å². The van der Waals surface area contributed by atoms with Crippen LogP contribution in [0.2, 0.25) is 0 Å². The van der Waals surface area contributed by atoms with E-state index in [1.807, 2.05) is 50.2 Å². The topological polar surface area (TPSA) is 68.0 Å². The smallest absolute Gasteiger partial charge is 0.191 e. The van der Waals surface area contributed by atoms with Crippen LogP contribution in [0.25, 0.3) is 0 Å². The van der Waals surface area contributed by atoms with Gasteiger partial charge < -0.3 is 24.5 Å². The Morgan fingerprint density at radius 2 is 2.04 bits per heavy atom. The van der Waals surface area contributed by atoms with Gasteiger partial charge in [0.25, 0.3) is 0 Å². The summed E-state index contributed by atoms with van der Waals surface area (Å²) in [5.74, 6) is 2.52. The number of furan rings is 1.